The summed E-state index contributed by atoms with van der Waals surface area (Å²) in [5.41, 5.74) is 0.985. The SMILES string of the molecule is Cc1coc(CC2CCCNC2)n1. The molecule has 3 nitrogen and oxygen atoms in total. The molecule has 0 aliphatic carbocycles. The van der Waals surface area contributed by atoms with Crippen molar-refractivity contribution < 1.29 is 4.42 Å². The van der Waals surface area contributed by atoms with Gasteiger partial charge in [-0.2, -0.15) is 0 Å². The minimum Gasteiger partial charge on any atom is -0.449 e. The molecule has 0 saturated carbocycles. The summed E-state index contributed by atoms with van der Waals surface area (Å²) >= 11 is 0. The van der Waals surface area contributed by atoms with Gasteiger partial charge >= 0.3 is 0 Å². The molecule has 2 heterocycles. The molecule has 1 fully saturated rings. The number of aromatic nitrogens is 1. The maximum absolute atomic E-state index is 5.33. The van der Waals surface area contributed by atoms with Gasteiger partial charge in [0, 0.05) is 6.42 Å². The van der Waals surface area contributed by atoms with E-state index >= 15 is 0 Å². The number of nitrogens with one attached hydrogen (secondary N) is 1. The van der Waals surface area contributed by atoms with Crippen LogP contribution in [0, 0.1) is 12.8 Å². The molecule has 1 N–H and O–H groups in total. The summed E-state index contributed by atoms with van der Waals surface area (Å²) in [7, 11) is 0. The van der Waals surface area contributed by atoms with E-state index in [1.165, 1.54) is 19.4 Å². The average molecular weight is 180 g/mol. The Labute approximate surface area is 78.5 Å². The van der Waals surface area contributed by atoms with Crippen LogP contribution in [0.15, 0.2) is 10.7 Å². The number of nitrogens with zero attached hydrogens (tertiary/aromatic N) is 1. The Bertz CT molecular complexity index is 264. The minimum absolute atomic E-state index is 0.715. The molecule has 0 bridgehead atoms. The Morgan fingerprint density at radius 1 is 1.69 bits per heavy atom. The van der Waals surface area contributed by atoms with Gasteiger partial charge < -0.3 is 9.73 Å². The summed E-state index contributed by atoms with van der Waals surface area (Å²) < 4.78 is 5.33. The second kappa shape index (κ2) is 3.92. The van der Waals surface area contributed by atoms with E-state index in [2.05, 4.69) is 10.3 Å². The Morgan fingerprint density at radius 2 is 2.62 bits per heavy atom. The van der Waals surface area contributed by atoms with Crippen molar-refractivity contribution in [2.24, 2.45) is 5.92 Å². The summed E-state index contributed by atoms with van der Waals surface area (Å²) in [5.74, 6) is 1.61. The van der Waals surface area contributed by atoms with Crippen LogP contribution in [0.3, 0.4) is 0 Å². The highest BCUT2D eigenvalue weighted by Gasteiger charge is 2.15. The molecule has 0 aromatic carbocycles. The topological polar surface area (TPSA) is 38.1 Å². The van der Waals surface area contributed by atoms with E-state index in [9.17, 15) is 0 Å². The van der Waals surface area contributed by atoms with Crippen LogP contribution < -0.4 is 5.32 Å². The van der Waals surface area contributed by atoms with Gasteiger partial charge in [-0.15, -0.1) is 0 Å². The Hall–Kier alpha value is -0.830. The maximum Gasteiger partial charge on any atom is 0.194 e. The van der Waals surface area contributed by atoms with Crippen molar-refractivity contribution >= 4 is 0 Å². The molecule has 72 valence electrons. The lowest BCUT2D eigenvalue weighted by Crippen LogP contribution is -2.30. The van der Waals surface area contributed by atoms with Crippen LogP contribution in [0.4, 0.5) is 0 Å². The van der Waals surface area contributed by atoms with Gasteiger partial charge in [0.05, 0.1) is 5.69 Å². The smallest absolute Gasteiger partial charge is 0.194 e. The zero-order valence-corrected chi connectivity index (χ0v) is 8.05. The molecule has 2 rings (SSSR count). The number of hydrogen-bond acceptors (Lipinski definition) is 3. The molecule has 1 aliphatic rings. The van der Waals surface area contributed by atoms with Crippen molar-refractivity contribution in [2.45, 2.75) is 26.2 Å². The highest BCUT2D eigenvalue weighted by molar-refractivity contribution is 4.94. The number of piperidine rings is 1. The minimum atomic E-state index is 0.715. The van der Waals surface area contributed by atoms with Gasteiger partial charge in [0.25, 0.3) is 0 Å². The van der Waals surface area contributed by atoms with E-state index in [0.717, 1.165) is 24.6 Å². The first kappa shape index (κ1) is 8.75. The summed E-state index contributed by atoms with van der Waals surface area (Å²) in [6.45, 7) is 4.24. The van der Waals surface area contributed by atoms with Crippen LogP contribution >= 0.6 is 0 Å². The second-order valence-electron chi connectivity index (χ2n) is 3.80. The summed E-state index contributed by atoms with van der Waals surface area (Å²) in [6.07, 6.45) is 5.30. The number of aryl methyl sites for hydroxylation is 1. The fraction of sp³-hybridized carbons (Fsp3) is 0.700. The molecule has 0 amide bonds. The quantitative estimate of drug-likeness (QED) is 0.750. The Balaban J connectivity index is 1.89. The van der Waals surface area contributed by atoms with Crippen molar-refractivity contribution in [2.75, 3.05) is 13.1 Å². The van der Waals surface area contributed by atoms with E-state index in [-0.39, 0.29) is 0 Å². The molecule has 3 heteroatoms. The fourth-order valence-electron chi connectivity index (χ4n) is 1.84. The maximum atomic E-state index is 5.33. The van der Waals surface area contributed by atoms with Gasteiger partial charge in [-0.05, 0) is 38.8 Å². The Kier molecular flexibility index (Phi) is 2.64. The zero-order chi connectivity index (χ0) is 9.10. The predicted octanol–water partition coefficient (Wildman–Crippen LogP) is 1.53. The van der Waals surface area contributed by atoms with Crippen molar-refractivity contribution in [3.63, 3.8) is 0 Å². The van der Waals surface area contributed by atoms with E-state index in [1.807, 2.05) is 6.92 Å². The molecule has 13 heavy (non-hydrogen) atoms. The molecule has 0 spiro atoms. The van der Waals surface area contributed by atoms with Crippen molar-refractivity contribution in [3.05, 3.63) is 17.8 Å². The van der Waals surface area contributed by atoms with Gasteiger partial charge in [-0.3, -0.25) is 0 Å². The molecule has 1 aromatic rings. The molecular weight excluding hydrogens is 164 g/mol. The van der Waals surface area contributed by atoms with Crippen LogP contribution in [0.5, 0.6) is 0 Å². The highest BCUT2D eigenvalue weighted by Crippen LogP contribution is 2.15. The Morgan fingerprint density at radius 3 is 3.23 bits per heavy atom. The molecule has 1 aromatic heterocycles. The third kappa shape index (κ3) is 2.31. The molecule has 1 unspecified atom stereocenters. The van der Waals surface area contributed by atoms with E-state index in [0.29, 0.717) is 5.92 Å². The average Bonchev–Trinajstić information content (AvgIpc) is 2.53. The molecule has 1 saturated heterocycles. The normalized spacial score (nSPS) is 23.3. The number of oxazole rings is 1. The lowest BCUT2D eigenvalue weighted by molar-refractivity contribution is 0.345. The zero-order valence-electron chi connectivity index (χ0n) is 8.05. The monoisotopic (exact) mass is 180 g/mol. The van der Waals surface area contributed by atoms with Gasteiger partial charge in [-0.25, -0.2) is 4.98 Å². The van der Waals surface area contributed by atoms with Crippen molar-refractivity contribution in [3.8, 4) is 0 Å². The third-order valence-electron chi connectivity index (χ3n) is 2.53. The summed E-state index contributed by atoms with van der Waals surface area (Å²) in [6, 6.07) is 0. The fourth-order valence-corrected chi connectivity index (χ4v) is 1.84. The second-order valence-corrected chi connectivity index (χ2v) is 3.80. The van der Waals surface area contributed by atoms with Crippen LogP contribution in [-0.4, -0.2) is 18.1 Å². The lowest BCUT2D eigenvalue weighted by atomic mass is 9.96. The standard InChI is InChI=1S/C10H16N2O/c1-8-7-13-10(12-8)5-9-3-2-4-11-6-9/h7,9,11H,2-6H2,1H3. The summed E-state index contributed by atoms with van der Waals surface area (Å²) in [4.78, 5) is 4.31. The van der Waals surface area contributed by atoms with Crippen molar-refractivity contribution in [1.29, 1.82) is 0 Å². The number of rotatable bonds is 2. The largest absolute Gasteiger partial charge is 0.449 e. The molecule has 0 radical (unpaired) electrons. The van der Waals surface area contributed by atoms with Crippen LogP contribution in [-0.2, 0) is 6.42 Å². The van der Waals surface area contributed by atoms with Crippen molar-refractivity contribution in [1.82, 2.24) is 10.3 Å². The molecule has 1 aliphatic heterocycles. The van der Waals surface area contributed by atoms with E-state index < -0.39 is 0 Å². The van der Waals surface area contributed by atoms with E-state index in [4.69, 9.17) is 4.42 Å². The first-order valence-corrected chi connectivity index (χ1v) is 4.96. The van der Waals surface area contributed by atoms with Crippen LogP contribution in [0.2, 0.25) is 0 Å². The van der Waals surface area contributed by atoms with Gasteiger partial charge in [-0.1, -0.05) is 0 Å². The molecular formula is C10H16N2O. The van der Waals surface area contributed by atoms with Crippen LogP contribution in [0.1, 0.15) is 24.4 Å². The van der Waals surface area contributed by atoms with Gasteiger partial charge in [0.1, 0.15) is 6.26 Å². The first-order chi connectivity index (χ1) is 6.34. The highest BCUT2D eigenvalue weighted by atomic mass is 16.3. The number of hydrogen-bond donors (Lipinski definition) is 1. The molecule has 1 atom stereocenters. The van der Waals surface area contributed by atoms with E-state index in [1.54, 1.807) is 6.26 Å². The van der Waals surface area contributed by atoms with Crippen LogP contribution in [0.25, 0.3) is 0 Å². The van der Waals surface area contributed by atoms with Gasteiger partial charge in [0.2, 0.25) is 0 Å². The van der Waals surface area contributed by atoms with Gasteiger partial charge in [0.15, 0.2) is 5.89 Å². The predicted molar refractivity (Wildman–Crippen MR) is 50.5 cm³/mol. The third-order valence-corrected chi connectivity index (χ3v) is 2.53. The lowest BCUT2D eigenvalue weighted by Gasteiger charge is -2.21. The first-order valence-electron chi connectivity index (χ1n) is 4.96. The summed E-state index contributed by atoms with van der Waals surface area (Å²) in [5, 5.41) is 3.39.